The Balaban J connectivity index is 1.40. The first-order valence-electron chi connectivity index (χ1n) is 14.1. The van der Waals surface area contributed by atoms with E-state index < -0.39 is 20.1 Å². The minimum atomic E-state index is -3.69. The molecular weight excluding hydrogens is 549 g/mol. The number of nitrogens with one attached hydrogen (secondary N) is 1. The zero-order valence-corrected chi connectivity index (χ0v) is 24.8. The van der Waals surface area contributed by atoms with Crippen LogP contribution in [0.4, 0.5) is 9.59 Å². The van der Waals surface area contributed by atoms with Crippen LogP contribution in [0.25, 0.3) is 0 Å². The van der Waals surface area contributed by atoms with Crippen molar-refractivity contribution in [3.63, 3.8) is 0 Å². The van der Waals surface area contributed by atoms with Crippen molar-refractivity contribution in [3.8, 4) is 0 Å². The number of carbonyl (C=O) groups is 2. The highest BCUT2D eigenvalue weighted by atomic mass is 31.2. The average Bonchev–Trinajstić information content (AvgIpc) is 3.00. The number of rotatable bonds is 16. The van der Waals surface area contributed by atoms with Crippen LogP contribution in [0.5, 0.6) is 0 Å². The van der Waals surface area contributed by atoms with E-state index in [1.165, 1.54) is 0 Å². The van der Waals surface area contributed by atoms with Crippen LogP contribution in [0.1, 0.15) is 57.1 Å². The smallest absolute Gasteiger partial charge is 0.434 e. The van der Waals surface area contributed by atoms with E-state index in [2.05, 4.69) is 5.09 Å². The first-order chi connectivity index (χ1) is 19.8. The Kier molecular flexibility index (Phi) is 14.2. The van der Waals surface area contributed by atoms with Gasteiger partial charge in [-0.1, -0.05) is 93.8 Å². The fourth-order valence-corrected chi connectivity index (χ4v) is 5.88. The molecule has 2 aromatic carbocycles. The summed E-state index contributed by atoms with van der Waals surface area (Å²) in [6.07, 6.45) is 3.44. The van der Waals surface area contributed by atoms with E-state index in [-0.39, 0.29) is 57.5 Å². The van der Waals surface area contributed by atoms with E-state index in [1.807, 2.05) is 74.5 Å². The van der Waals surface area contributed by atoms with Crippen LogP contribution < -0.4 is 5.09 Å². The maximum absolute atomic E-state index is 13.7. The molecule has 0 bridgehead atoms. The summed E-state index contributed by atoms with van der Waals surface area (Å²) in [5, 5.41) is 3.10. The quantitative estimate of drug-likeness (QED) is 0.161. The largest absolute Gasteiger partial charge is 0.508 e. The summed E-state index contributed by atoms with van der Waals surface area (Å²) in [6.45, 7) is 4.01. The lowest BCUT2D eigenvalue weighted by atomic mass is 9.96. The predicted octanol–water partition coefficient (Wildman–Crippen LogP) is 7.03. The van der Waals surface area contributed by atoms with Gasteiger partial charge in [0.1, 0.15) is 13.2 Å². The summed E-state index contributed by atoms with van der Waals surface area (Å²) in [6, 6.07) is 18.6. The highest BCUT2D eigenvalue weighted by molar-refractivity contribution is 7.51. The second kappa shape index (κ2) is 17.8. The van der Waals surface area contributed by atoms with Gasteiger partial charge in [-0.05, 0) is 24.0 Å². The Labute approximate surface area is 242 Å². The van der Waals surface area contributed by atoms with E-state index in [1.54, 1.807) is 0 Å². The third-order valence-corrected chi connectivity index (χ3v) is 8.03. The van der Waals surface area contributed by atoms with Gasteiger partial charge in [-0.3, -0.25) is 9.05 Å². The molecule has 0 spiro atoms. The molecule has 0 amide bonds. The van der Waals surface area contributed by atoms with Crippen LogP contribution in [-0.2, 0) is 45.8 Å². The molecule has 1 N–H and O–H groups in total. The molecule has 0 radical (unpaired) electrons. The number of ether oxygens (including phenoxy) is 4. The Morgan fingerprint density at radius 3 is 1.59 bits per heavy atom. The molecule has 1 aliphatic carbocycles. The van der Waals surface area contributed by atoms with Crippen molar-refractivity contribution in [2.45, 2.75) is 65.2 Å². The summed E-state index contributed by atoms with van der Waals surface area (Å²) >= 11 is 0. The molecule has 0 saturated heterocycles. The van der Waals surface area contributed by atoms with Gasteiger partial charge in [-0.15, -0.1) is 0 Å². The van der Waals surface area contributed by atoms with Crippen molar-refractivity contribution in [2.75, 3.05) is 26.4 Å². The Bertz CT molecular complexity index is 1010. The molecule has 1 fully saturated rings. The minimum Gasteiger partial charge on any atom is -0.434 e. The molecule has 0 aliphatic heterocycles. The van der Waals surface area contributed by atoms with Gasteiger partial charge in [0, 0.05) is 17.9 Å². The van der Waals surface area contributed by atoms with Crippen LogP contribution in [0.15, 0.2) is 60.7 Å². The molecule has 11 heteroatoms. The zero-order chi connectivity index (χ0) is 29.3. The zero-order valence-electron chi connectivity index (χ0n) is 23.9. The molecular formula is C30H42NO9P. The molecule has 0 aromatic heterocycles. The lowest BCUT2D eigenvalue weighted by molar-refractivity contribution is 0.0313. The second-order valence-electron chi connectivity index (χ2n) is 10.4. The fraction of sp³-hybridized carbons (Fsp3) is 0.533. The van der Waals surface area contributed by atoms with Gasteiger partial charge in [0.25, 0.3) is 0 Å². The molecule has 2 atom stereocenters. The fourth-order valence-electron chi connectivity index (χ4n) is 4.05. The molecule has 0 heterocycles. The first kappa shape index (κ1) is 32.6. The maximum Gasteiger partial charge on any atom is 0.508 e. The Hall–Kier alpha value is -2.91. The van der Waals surface area contributed by atoms with E-state index >= 15 is 0 Å². The third kappa shape index (κ3) is 13.5. The normalized spacial score (nSPS) is 16.6. The maximum atomic E-state index is 13.7. The molecule has 3 rings (SSSR count). The van der Waals surface area contributed by atoms with Crippen LogP contribution >= 0.6 is 7.75 Å². The number of carbonyl (C=O) groups excluding carboxylic acids is 2. The number of hydrogen-bond donors (Lipinski definition) is 1. The Morgan fingerprint density at radius 2 is 1.15 bits per heavy atom. The lowest BCUT2D eigenvalue weighted by Gasteiger charge is -2.29. The van der Waals surface area contributed by atoms with Crippen molar-refractivity contribution in [1.29, 1.82) is 0 Å². The van der Waals surface area contributed by atoms with Crippen LogP contribution in [-0.4, -0.2) is 44.8 Å². The third-order valence-electron chi connectivity index (χ3n) is 6.37. The highest BCUT2D eigenvalue weighted by Crippen LogP contribution is 2.46. The molecule has 41 heavy (non-hydrogen) atoms. The second-order valence-corrected chi connectivity index (χ2v) is 12.2. The molecule has 226 valence electrons. The molecule has 1 aliphatic rings. The lowest BCUT2D eigenvalue weighted by Crippen LogP contribution is -2.31. The summed E-state index contributed by atoms with van der Waals surface area (Å²) < 4.78 is 45.9. The summed E-state index contributed by atoms with van der Waals surface area (Å²) in [5.74, 6) is -0.519. The van der Waals surface area contributed by atoms with E-state index in [9.17, 15) is 14.2 Å². The standard InChI is InChI=1S/C30H42NO9P/c1-24(18-35-29(32)37-22-26-12-6-3-7-13-26)20-39-41(34,31-28-16-10-5-11-17-28)40-21-25(2)19-36-30(33)38-23-27-14-8-4-9-15-27/h3-4,6-9,12-15,24-25,28H,5,10-11,16-23H2,1-2H3,(H,31,34). The average molecular weight is 592 g/mol. The van der Waals surface area contributed by atoms with Gasteiger partial charge in [0.05, 0.1) is 26.4 Å². The molecule has 2 aromatic rings. The SMILES string of the molecule is CC(COC(=O)OCc1ccccc1)COP(=O)(NC1CCCCC1)OCC(C)COC(=O)OCc1ccccc1. The van der Waals surface area contributed by atoms with E-state index in [0.717, 1.165) is 43.2 Å². The van der Waals surface area contributed by atoms with E-state index in [4.69, 9.17) is 28.0 Å². The van der Waals surface area contributed by atoms with Crippen LogP contribution in [0.3, 0.4) is 0 Å². The predicted molar refractivity (Wildman–Crippen MR) is 153 cm³/mol. The van der Waals surface area contributed by atoms with Gasteiger partial charge < -0.3 is 18.9 Å². The van der Waals surface area contributed by atoms with Crippen LogP contribution in [0, 0.1) is 11.8 Å². The molecule has 1 saturated carbocycles. The van der Waals surface area contributed by atoms with Gasteiger partial charge >= 0.3 is 20.1 Å². The van der Waals surface area contributed by atoms with Gasteiger partial charge in [0.15, 0.2) is 0 Å². The summed E-state index contributed by atoms with van der Waals surface area (Å²) in [4.78, 5) is 23.9. The monoisotopic (exact) mass is 591 g/mol. The van der Waals surface area contributed by atoms with Crippen molar-refractivity contribution in [1.82, 2.24) is 5.09 Å². The Morgan fingerprint density at radius 1 is 0.707 bits per heavy atom. The topological polar surface area (TPSA) is 119 Å². The summed E-state index contributed by atoms with van der Waals surface area (Å²) in [5.41, 5.74) is 1.72. The molecule has 2 unspecified atom stereocenters. The van der Waals surface area contributed by atoms with Gasteiger partial charge in [-0.25, -0.2) is 19.2 Å². The van der Waals surface area contributed by atoms with Gasteiger partial charge in [0.2, 0.25) is 0 Å². The first-order valence-corrected chi connectivity index (χ1v) is 15.7. The number of hydrogen-bond acceptors (Lipinski definition) is 9. The molecule has 10 nitrogen and oxygen atoms in total. The van der Waals surface area contributed by atoms with Crippen LogP contribution in [0.2, 0.25) is 0 Å². The van der Waals surface area contributed by atoms with Crippen molar-refractivity contribution < 1.29 is 42.1 Å². The van der Waals surface area contributed by atoms with Crippen molar-refractivity contribution in [2.24, 2.45) is 11.8 Å². The number of benzene rings is 2. The van der Waals surface area contributed by atoms with E-state index in [0.29, 0.717) is 0 Å². The van der Waals surface area contributed by atoms with Gasteiger partial charge in [-0.2, -0.15) is 0 Å². The van der Waals surface area contributed by atoms with Crippen molar-refractivity contribution >= 4 is 20.1 Å². The highest BCUT2D eigenvalue weighted by Gasteiger charge is 2.31. The minimum absolute atomic E-state index is 0.0219. The summed E-state index contributed by atoms with van der Waals surface area (Å²) in [7, 11) is -3.69. The van der Waals surface area contributed by atoms with Crippen molar-refractivity contribution in [3.05, 3.63) is 71.8 Å².